The van der Waals surface area contributed by atoms with Crippen LogP contribution in [0.25, 0.3) is 0 Å². The van der Waals surface area contributed by atoms with Gasteiger partial charge in [-0.15, -0.1) is 0 Å². The lowest BCUT2D eigenvalue weighted by Crippen LogP contribution is -2.58. The molecule has 2 unspecified atom stereocenters. The molecular formula is C12H21N3O2. The van der Waals surface area contributed by atoms with Crippen molar-refractivity contribution in [2.75, 3.05) is 32.9 Å². The van der Waals surface area contributed by atoms with Gasteiger partial charge in [-0.25, -0.2) is 0 Å². The van der Waals surface area contributed by atoms with Gasteiger partial charge in [0.25, 0.3) is 0 Å². The standard InChI is InChI=1S/C12H21N3O2/c13-11-14-8-12(4-2-5-16-9-12)15(11)7-10-3-1-6-17-10/h10H,1-9H2,(H2,13,14). The Morgan fingerprint density at radius 2 is 2.35 bits per heavy atom. The highest BCUT2D eigenvalue weighted by atomic mass is 16.5. The molecule has 1 spiro atoms. The average molecular weight is 239 g/mol. The van der Waals surface area contributed by atoms with E-state index in [2.05, 4.69) is 9.89 Å². The van der Waals surface area contributed by atoms with E-state index in [0.29, 0.717) is 12.1 Å². The minimum absolute atomic E-state index is 0.0221. The molecule has 3 heterocycles. The van der Waals surface area contributed by atoms with Crippen LogP contribution >= 0.6 is 0 Å². The lowest BCUT2D eigenvalue weighted by Gasteiger charge is -2.42. The van der Waals surface area contributed by atoms with Gasteiger partial charge in [-0.05, 0) is 25.7 Å². The molecule has 0 saturated carbocycles. The fraction of sp³-hybridized carbons (Fsp3) is 0.917. The van der Waals surface area contributed by atoms with E-state index in [9.17, 15) is 0 Å². The number of nitrogens with two attached hydrogens (primary N) is 1. The van der Waals surface area contributed by atoms with E-state index in [-0.39, 0.29) is 5.54 Å². The van der Waals surface area contributed by atoms with Crippen LogP contribution in [-0.4, -0.2) is 55.4 Å². The molecule has 96 valence electrons. The van der Waals surface area contributed by atoms with Gasteiger partial charge in [0.2, 0.25) is 0 Å². The lowest BCUT2D eigenvalue weighted by atomic mass is 9.91. The number of rotatable bonds is 2. The molecule has 5 heteroatoms. The molecule has 5 nitrogen and oxygen atoms in total. The molecule has 17 heavy (non-hydrogen) atoms. The van der Waals surface area contributed by atoms with Crippen molar-refractivity contribution in [1.82, 2.24) is 4.90 Å². The van der Waals surface area contributed by atoms with Crippen molar-refractivity contribution < 1.29 is 9.47 Å². The highest BCUT2D eigenvalue weighted by Crippen LogP contribution is 2.31. The van der Waals surface area contributed by atoms with E-state index in [0.717, 1.165) is 52.2 Å². The largest absolute Gasteiger partial charge is 0.379 e. The van der Waals surface area contributed by atoms with E-state index in [4.69, 9.17) is 15.2 Å². The molecule has 0 aromatic heterocycles. The number of nitrogens with zero attached hydrogens (tertiary/aromatic N) is 2. The first-order valence-corrected chi connectivity index (χ1v) is 6.57. The molecule has 3 rings (SSSR count). The monoisotopic (exact) mass is 239 g/mol. The fourth-order valence-corrected chi connectivity index (χ4v) is 3.10. The van der Waals surface area contributed by atoms with E-state index >= 15 is 0 Å². The normalized spacial score (nSPS) is 37.8. The van der Waals surface area contributed by atoms with Crippen LogP contribution in [0.1, 0.15) is 25.7 Å². The van der Waals surface area contributed by atoms with Crippen LogP contribution < -0.4 is 5.73 Å². The Hall–Kier alpha value is -0.810. The Morgan fingerprint density at radius 3 is 3.06 bits per heavy atom. The molecular weight excluding hydrogens is 218 g/mol. The van der Waals surface area contributed by atoms with Crippen LogP contribution in [0.5, 0.6) is 0 Å². The molecule has 2 saturated heterocycles. The summed E-state index contributed by atoms with van der Waals surface area (Å²) in [5, 5.41) is 0. The van der Waals surface area contributed by atoms with Gasteiger partial charge in [-0.3, -0.25) is 4.99 Å². The van der Waals surface area contributed by atoms with Gasteiger partial charge in [-0.2, -0.15) is 0 Å². The topological polar surface area (TPSA) is 60.1 Å². The first-order valence-electron chi connectivity index (χ1n) is 6.57. The second-order valence-electron chi connectivity index (χ2n) is 5.30. The number of hydrogen-bond donors (Lipinski definition) is 1. The summed E-state index contributed by atoms with van der Waals surface area (Å²) in [6.45, 7) is 4.17. The van der Waals surface area contributed by atoms with Gasteiger partial charge in [0.1, 0.15) is 0 Å². The molecule has 0 amide bonds. The number of hydrogen-bond acceptors (Lipinski definition) is 5. The first-order chi connectivity index (χ1) is 8.30. The summed E-state index contributed by atoms with van der Waals surface area (Å²) < 4.78 is 11.3. The van der Waals surface area contributed by atoms with Crippen molar-refractivity contribution in [3.05, 3.63) is 0 Å². The molecule has 2 fully saturated rings. The van der Waals surface area contributed by atoms with E-state index in [1.54, 1.807) is 0 Å². The van der Waals surface area contributed by atoms with E-state index < -0.39 is 0 Å². The number of aliphatic imine (C=N–C) groups is 1. The highest BCUT2D eigenvalue weighted by Gasteiger charge is 2.44. The van der Waals surface area contributed by atoms with Crippen molar-refractivity contribution >= 4 is 5.96 Å². The van der Waals surface area contributed by atoms with Crippen molar-refractivity contribution in [3.8, 4) is 0 Å². The van der Waals surface area contributed by atoms with Crippen LogP contribution in [0.4, 0.5) is 0 Å². The smallest absolute Gasteiger partial charge is 0.192 e. The molecule has 3 aliphatic rings. The van der Waals surface area contributed by atoms with Gasteiger partial charge >= 0.3 is 0 Å². The predicted octanol–water partition coefficient (Wildman–Crippen LogP) is 0.345. The third-order valence-electron chi connectivity index (χ3n) is 4.10. The minimum Gasteiger partial charge on any atom is -0.379 e. The SMILES string of the molecule is NC1=NCC2(CCCOC2)N1CC1CCCO1. The number of ether oxygens (including phenoxy) is 2. The fourth-order valence-electron chi connectivity index (χ4n) is 3.10. The Bertz CT molecular complexity index is 307. The minimum atomic E-state index is 0.0221. The predicted molar refractivity (Wildman–Crippen MR) is 65.0 cm³/mol. The first kappa shape index (κ1) is 11.3. The summed E-state index contributed by atoms with van der Waals surface area (Å²) in [6.07, 6.45) is 4.86. The quantitative estimate of drug-likeness (QED) is 0.755. The van der Waals surface area contributed by atoms with Gasteiger partial charge in [0, 0.05) is 19.8 Å². The van der Waals surface area contributed by atoms with Crippen LogP contribution in [-0.2, 0) is 9.47 Å². The maximum Gasteiger partial charge on any atom is 0.192 e. The maximum absolute atomic E-state index is 6.03. The molecule has 0 aromatic carbocycles. The molecule has 2 N–H and O–H groups in total. The third kappa shape index (κ3) is 2.02. The zero-order valence-corrected chi connectivity index (χ0v) is 10.2. The summed E-state index contributed by atoms with van der Waals surface area (Å²) in [4.78, 5) is 6.66. The second kappa shape index (κ2) is 4.46. The molecule has 3 aliphatic heterocycles. The van der Waals surface area contributed by atoms with Crippen molar-refractivity contribution in [1.29, 1.82) is 0 Å². The van der Waals surface area contributed by atoms with Crippen molar-refractivity contribution in [2.45, 2.75) is 37.3 Å². The second-order valence-corrected chi connectivity index (χ2v) is 5.30. The van der Waals surface area contributed by atoms with Crippen LogP contribution in [0, 0.1) is 0 Å². The van der Waals surface area contributed by atoms with Gasteiger partial charge in [0.15, 0.2) is 5.96 Å². The van der Waals surface area contributed by atoms with E-state index in [1.165, 1.54) is 6.42 Å². The Kier molecular flexibility index (Phi) is 2.96. The van der Waals surface area contributed by atoms with Crippen molar-refractivity contribution in [3.63, 3.8) is 0 Å². The molecule has 0 aromatic rings. The van der Waals surface area contributed by atoms with Crippen LogP contribution in [0.3, 0.4) is 0 Å². The van der Waals surface area contributed by atoms with Gasteiger partial charge < -0.3 is 20.1 Å². The highest BCUT2D eigenvalue weighted by molar-refractivity contribution is 5.81. The third-order valence-corrected chi connectivity index (χ3v) is 4.10. The van der Waals surface area contributed by atoms with Crippen molar-refractivity contribution in [2.24, 2.45) is 10.7 Å². The molecule has 2 atom stereocenters. The lowest BCUT2D eigenvalue weighted by molar-refractivity contribution is -0.0240. The zero-order valence-electron chi connectivity index (χ0n) is 10.2. The van der Waals surface area contributed by atoms with Gasteiger partial charge in [-0.1, -0.05) is 0 Å². The Balaban J connectivity index is 1.71. The number of guanidine groups is 1. The van der Waals surface area contributed by atoms with E-state index in [1.807, 2.05) is 0 Å². The summed E-state index contributed by atoms with van der Waals surface area (Å²) in [5.41, 5.74) is 6.05. The Morgan fingerprint density at radius 1 is 1.41 bits per heavy atom. The van der Waals surface area contributed by atoms with Gasteiger partial charge in [0.05, 0.1) is 24.8 Å². The van der Waals surface area contributed by atoms with Crippen LogP contribution in [0.15, 0.2) is 4.99 Å². The summed E-state index contributed by atoms with van der Waals surface area (Å²) in [6, 6.07) is 0. The summed E-state index contributed by atoms with van der Waals surface area (Å²) in [7, 11) is 0. The summed E-state index contributed by atoms with van der Waals surface area (Å²) >= 11 is 0. The molecule has 0 radical (unpaired) electrons. The molecule has 0 aliphatic carbocycles. The summed E-state index contributed by atoms with van der Waals surface area (Å²) in [5.74, 6) is 0.672. The zero-order chi connectivity index (χ0) is 11.7. The maximum atomic E-state index is 6.03. The Labute approximate surface area is 102 Å². The van der Waals surface area contributed by atoms with Crippen LogP contribution in [0.2, 0.25) is 0 Å². The average Bonchev–Trinajstić information content (AvgIpc) is 2.95. The molecule has 0 bridgehead atoms.